The summed E-state index contributed by atoms with van der Waals surface area (Å²) in [6.07, 6.45) is 0.815. The molecule has 1 fully saturated rings. The topological polar surface area (TPSA) is 23.5 Å². The van der Waals surface area contributed by atoms with E-state index in [0.717, 1.165) is 30.5 Å². The molecule has 1 aromatic rings. The minimum Gasteiger partial charge on any atom is -0.392 e. The van der Waals surface area contributed by atoms with Gasteiger partial charge in [0.2, 0.25) is 0 Å². The Morgan fingerprint density at radius 2 is 2.54 bits per heavy atom. The van der Waals surface area contributed by atoms with Crippen molar-refractivity contribution in [2.75, 3.05) is 13.1 Å². The number of β-amino-alcohol motifs (C(OH)–C–C–N with tert-alkyl or cyclic N) is 1. The van der Waals surface area contributed by atoms with Crippen molar-refractivity contribution in [3.8, 4) is 0 Å². The van der Waals surface area contributed by atoms with Crippen molar-refractivity contribution in [1.82, 2.24) is 4.90 Å². The lowest BCUT2D eigenvalue weighted by atomic mass is 10.3. The zero-order valence-electron chi connectivity index (χ0n) is 7.24. The first-order valence-corrected chi connectivity index (χ1v) is 6.04. The fraction of sp³-hybridized carbons (Fsp3) is 0.556. The van der Waals surface area contributed by atoms with Crippen LogP contribution in [-0.2, 0) is 6.54 Å². The first-order chi connectivity index (χ1) is 6.24. The van der Waals surface area contributed by atoms with Crippen molar-refractivity contribution in [3.63, 3.8) is 0 Å². The molecule has 1 atom stereocenters. The number of aliphatic hydroxyl groups excluding tert-OH is 1. The van der Waals surface area contributed by atoms with Crippen LogP contribution < -0.4 is 0 Å². The molecule has 1 N–H and O–H groups in total. The van der Waals surface area contributed by atoms with Crippen molar-refractivity contribution >= 4 is 27.3 Å². The van der Waals surface area contributed by atoms with Crippen molar-refractivity contribution in [2.45, 2.75) is 19.1 Å². The molecule has 13 heavy (non-hydrogen) atoms. The van der Waals surface area contributed by atoms with Crippen LogP contribution in [-0.4, -0.2) is 29.2 Å². The molecule has 1 aliphatic heterocycles. The second kappa shape index (κ2) is 4.09. The molecule has 1 saturated heterocycles. The van der Waals surface area contributed by atoms with Gasteiger partial charge in [-0.1, -0.05) is 0 Å². The number of rotatable bonds is 2. The van der Waals surface area contributed by atoms with Crippen LogP contribution in [0.2, 0.25) is 0 Å². The van der Waals surface area contributed by atoms with Crippen LogP contribution in [0.25, 0.3) is 0 Å². The average Bonchev–Trinajstić information content (AvgIpc) is 2.62. The fourth-order valence-corrected chi connectivity index (χ4v) is 3.11. The number of likely N-dealkylation sites (tertiary alicyclic amines) is 1. The highest BCUT2D eigenvalue weighted by Crippen LogP contribution is 2.22. The number of aliphatic hydroxyl groups is 1. The molecule has 0 amide bonds. The van der Waals surface area contributed by atoms with Crippen molar-refractivity contribution in [2.24, 2.45) is 0 Å². The first kappa shape index (κ1) is 9.65. The second-order valence-electron chi connectivity index (χ2n) is 3.41. The minimum atomic E-state index is -0.108. The molecule has 0 saturated carbocycles. The molecule has 0 spiro atoms. The summed E-state index contributed by atoms with van der Waals surface area (Å²) in [5, 5.41) is 11.4. The summed E-state index contributed by atoms with van der Waals surface area (Å²) in [6, 6.07) is 2.15. The third kappa shape index (κ3) is 2.53. The largest absolute Gasteiger partial charge is 0.392 e. The Morgan fingerprint density at radius 3 is 3.08 bits per heavy atom. The van der Waals surface area contributed by atoms with Crippen LogP contribution in [0.1, 0.15) is 11.3 Å². The van der Waals surface area contributed by atoms with Gasteiger partial charge in [-0.2, -0.15) is 0 Å². The monoisotopic (exact) mass is 261 g/mol. The Bertz CT molecular complexity index is 289. The quantitative estimate of drug-likeness (QED) is 0.882. The number of thiophene rings is 1. The van der Waals surface area contributed by atoms with Gasteiger partial charge in [0.1, 0.15) is 0 Å². The average molecular weight is 262 g/mol. The summed E-state index contributed by atoms with van der Waals surface area (Å²) in [4.78, 5) is 3.66. The molecule has 1 aliphatic rings. The second-order valence-corrected chi connectivity index (χ2v) is 5.32. The van der Waals surface area contributed by atoms with E-state index < -0.39 is 0 Å². The molecule has 72 valence electrons. The molecular weight excluding hydrogens is 250 g/mol. The predicted molar refractivity (Wildman–Crippen MR) is 57.9 cm³/mol. The van der Waals surface area contributed by atoms with E-state index in [9.17, 15) is 5.11 Å². The van der Waals surface area contributed by atoms with Gasteiger partial charge in [0, 0.05) is 34.4 Å². The lowest BCUT2D eigenvalue weighted by Crippen LogP contribution is -2.20. The zero-order chi connectivity index (χ0) is 9.26. The predicted octanol–water partition coefficient (Wildman–Crippen LogP) is 2.08. The van der Waals surface area contributed by atoms with E-state index in [-0.39, 0.29) is 6.10 Å². The van der Waals surface area contributed by atoms with E-state index in [2.05, 4.69) is 32.3 Å². The van der Waals surface area contributed by atoms with Crippen molar-refractivity contribution in [3.05, 3.63) is 20.8 Å². The van der Waals surface area contributed by atoms with E-state index in [1.54, 1.807) is 11.3 Å². The van der Waals surface area contributed by atoms with Gasteiger partial charge in [-0.3, -0.25) is 4.90 Å². The molecule has 0 aromatic carbocycles. The molecule has 4 heteroatoms. The number of halogens is 1. The van der Waals surface area contributed by atoms with E-state index in [1.165, 1.54) is 4.88 Å². The first-order valence-electron chi connectivity index (χ1n) is 4.37. The highest BCUT2D eigenvalue weighted by molar-refractivity contribution is 9.10. The van der Waals surface area contributed by atoms with Gasteiger partial charge in [-0.25, -0.2) is 0 Å². The van der Waals surface area contributed by atoms with Crippen molar-refractivity contribution < 1.29 is 5.11 Å². The minimum absolute atomic E-state index is 0.108. The van der Waals surface area contributed by atoms with Gasteiger partial charge >= 0.3 is 0 Å². The van der Waals surface area contributed by atoms with Gasteiger partial charge < -0.3 is 5.11 Å². The summed E-state index contributed by atoms with van der Waals surface area (Å²) >= 11 is 5.20. The molecule has 2 nitrogen and oxygen atoms in total. The van der Waals surface area contributed by atoms with Gasteiger partial charge in [-0.15, -0.1) is 11.3 Å². The van der Waals surface area contributed by atoms with Crippen LogP contribution in [0.3, 0.4) is 0 Å². The zero-order valence-corrected chi connectivity index (χ0v) is 9.64. The number of nitrogens with zero attached hydrogens (tertiary/aromatic N) is 1. The summed E-state index contributed by atoms with van der Waals surface area (Å²) in [5.74, 6) is 0. The Morgan fingerprint density at radius 1 is 1.69 bits per heavy atom. The van der Waals surface area contributed by atoms with Crippen LogP contribution >= 0.6 is 27.3 Å². The Hall–Kier alpha value is 0.1000. The molecule has 1 aromatic heterocycles. The highest BCUT2D eigenvalue weighted by Gasteiger charge is 2.20. The Labute approximate surface area is 90.3 Å². The van der Waals surface area contributed by atoms with E-state index >= 15 is 0 Å². The Kier molecular flexibility index (Phi) is 3.03. The van der Waals surface area contributed by atoms with Crippen LogP contribution in [0.15, 0.2) is 15.9 Å². The van der Waals surface area contributed by atoms with Crippen LogP contribution in [0, 0.1) is 0 Å². The van der Waals surface area contributed by atoms with E-state index in [1.807, 2.05) is 0 Å². The third-order valence-corrected chi connectivity index (χ3v) is 3.93. The number of hydrogen-bond donors (Lipinski definition) is 1. The van der Waals surface area contributed by atoms with Gasteiger partial charge in [0.15, 0.2) is 0 Å². The lowest BCUT2D eigenvalue weighted by Gasteiger charge is -2.12. The standard InChI is InChI=1S/C9H12BrNOS/c10-7-3-9(13-6-7)5-11-2-1-8(12)4-11/h3,6,8,12H,1-2,4-5H2. The maximum absolute atomic E-state index is 9.34. The fourth-order valence-electron chi connectivity index (χ4n) is 1.61. The molecule has 0 aliphatic carbocycles. The van der Waals surface area contributed by atoms with Gasteiger partial charge in [-0.05, 0) is 28.4 Å². The van der Waals surface area contributed by atoms with E-state index in [0.29, 0.717) is 0 Å². The van der Waals surface area contributed by atoms with Gasteiger partial charge in [0.25, 0.3) is 0 Å². The smallest absolute Gasteiger partial charge is 0.0679 e. The molecule has 2 rings (SSSR count). The highest BCUT2D eigenvalue weighted by atomic mass is 79.9. The normalized spacial score (nSPS) is 24.0. The third-order valence-electron chi connectivity index (χ3n) is 2.25. The molecule has 0 radical (unpaired) electrons. The summed E-state index contributed by atoms with van der Waals surface area (Å²) in [5.41, 5.74) is 0. The maximum Gasteiger partial charge on any atom is 0.0679 e. The molecule has 2 heterocycles. The number of hydrogen-bond acceptors (Lipinski definition) is 3. The van der Waals surface area contributed by atoms with Gasteiger partial charge in [0.05, 0.1) is 6.10 Å². The van der Waals surface area contributed by atoms with E-state index in [4.69, 9.17) is 0 Å². The van der Waals surface area contributed by atoms with Crippen molar-refractivity contribution in [1.29, 1.82) is 0 Å². The molecule has 1 unspecified atom stereocenters. The summed E-state index contributed by atoms with van der Waals surface area (Å²) in [7, 11) is 0. The summed E-state index contributed by atoms with van der Waals surface area (Å²) < 4.78 is 1.16. The summed E-state index contributed by atoms with van der Waals surface area (Å²) in [6.45, 7) is 2.83. The SMILES string of the molecule is OC1CCN(Cc2cc(Br)cs2)C1. The molecule has 0 bridgehead atoms. The Balaban J connectivity index is 1.91. The molecular formula is C9H12BrNOS. The maximum atomic E-state index is 9.34. The van der Waals surface area contributed by atoms with Crippen LogP contribution in [0.5, 0.6) is 0 Å². The lowest BCUT2D eigenvalue weighted by molar-refractivity contribution is 0.175. The van der Waals surface area contributed by atoms with Crippen LogP contribution in [0.4, 0.5) is 0 Å².